The first kappa shape index (κ1) is 24.5. The number of rotatable bonds is 5. The number of amides is 1. The first-order chi connectivity index (χ1) is 18.6. The summed E-state index contributed by atoms with van der Waals surface area (Å²) in [5.74, 6) is 1.63. The lowest BCUT2D eigenvalue weighted by Gasteiger charge is -2.38. The maximum Gasteiger partial charge on any atom is 0.225 e. The number of aryl methyl sites for hydroxylation is 1. The number of fused-ring (bicyclic) bond motifs is 1. The zero-order chi connectivity index (χ0) is 26.1. The summed E-state index contributed by atoms with van der Waals surface area (Å²) in [6.07, 6.45) is 9.01. The van der Waals surface area contributed by atoms with E-state index in [0.29, 0.717) is 11.9 Å². The van der Waals surface area contributed by atoms with Gasteiger partial charge >= 0.3 is 0 Å². The second-order valence-electron chi connectivity index (χ2n) is 10.5. The number of benzene rings is 1. The Morgan fingerprint density at radius 1 is 0.947 bits per heavy atom. The summed E-state index contributed by atoms with van der Waals surface area (Å²) >= 11 is 0. The summed E-state index contributed by atoms with van der Waals surface area (Å²) < 4.78 is 2.37. The number of nitrogens with two attached hydrogens (primary N) is 1. The molecule has 0 atom stereocenters. The van der Waals surface area contributed by atoms with Crippen LogP contribution in [0.4, 0.5) is 5.95 Å². The van der Waals surface area contributed by atoms with Gasteiger partial charge in [0, 0.05) is 55.7 Å². The number of hydrogen-bond acceptors (Lipinski definition) is 7. The molecular weight excluding hydrogens is 476 g/mol. The van der Waals surface area contributed by atoms with Crippen molar-refractivity contribution in [2.24, 2.45) is 5.92 Å². The van der Waals surface area contributed by atoms with Crippen molar-refractivity contribution in [1.29, 1.82) is 0 Å². The maximum atomic E-state index is 13.4. The fourth-order valence-electron chi connectivity index (χ4n) is 5.95. The molecule has 2 fully saturated rings. The standard InChI is InChI=1S/C29H34N8O/c1-20-5-4-7-25-26(20)34-27(24-6-2-3-12-31-24)37(25)23-10-15-36(16-11-23)28(38)22-8-13-35(14-9-22)19-21-17-32-29(30)33-18-21/h2-7,12,17-18,22-23H,8-11,13-16,19H2,1H3,(H2,30,32,33). The summed E-state index contributed by atoms with van der Waals surface area (Å²) in [4.78, 5) is 35.7. The molecule has 6 rings (SSSR count). The SMILES string of the molecule is Cc1cccc2c1nc(-c1ccccn1)n2C1CCN(C(=O)C2CCN(Cc3cnc(N)nc3)CC2)CC1. The van der Waals surface area contributed by atoms with E-state index in [2.05, 4.69) is 54.4 Å². The molecule has 0 bridgehead atoms. The molecule has 2 saturated heterocycles. The number of pyridine rings is 1. The van der Waals surface area contributed by atoms with Crippen LogP contribution in [0.15, 0.2) is 55.0 Å². The van der Waals surface area contributed by atoms with Gasteiger partial charge in [-0.15, -0.1) is 0 Å². The number of carbonyl (C=O) groups is 1. The number of anilines is 1. The average Bonchev–Trinajstić information content (AvgIpc) is 3.36. The van der Waals surface area contributed by atoms with Gasteiger partial charge in [-0.1, -0.05) is 18.2 Å². The summed E-state index contributed by atoms with van der Waals surface area (Å²) in [6, 6.07) is 12.6. The minimum absolute atomic E-state index is 0.103. The molecule has 9 nitrogen and oxygen atoms in total. The fraction of sp³-hybridized carbons (Fsp3) is 0.414. The molecule has 2 aliphatic heterocycles. The Morgan fingerprint density at radius 2 is 1.71 bits per heavy atom. The Balaban J connectivity index is 1.11. The minimum Gasteiger partial charge on any atom is -0.368 e. The van der Waals surface area contributed by atoms with Gasteiger partial charge in [-0.05, 0) is 69.5 Å². The van der Waals surface area contributed by atoms with E-state index in [1.165, 1.54) is 5.56 Å². The number of nitrogens with zero attached hydrogens (tertiary/aromatic N) is 7. The van der Waals surface area contributed by atoms with Crippen LogP contribution in [-0.2, 0) is 11.3 Å². The summed E-state index contributed by atoms with van der Waals surface area (Å²) in [7, 11) is 0. The molecule has 0 radical (unpaired) electrons. The van der Waals surface area contributed by atoms with Gasteiger partial charge in [-0.2, -0.15) is 0 Å². The predicted octanol–water partition coefficient (Wildman–Crippen LogP) is 3.85. The molecule has 0 saturated carbocycles. The molecule has 196 valence electrons. The highest BCUT2D eigenvalue weighted by Gasteiger charge is 2.32. The van der Waals surface area contributed by atoms with Crippen LogP contribution >= 0.6 is 0 Å². The lowest BCUT2D eigenvalue weighted by Crippen LogP contribution is -2.45. The Labute approximate surface area is 222 Å². The summed E-state index contributed by atoms with van der Waals surface area (Å²) in [6.45, 7) is 6.27. The smallest absolute Gasteiger partial charge is 0.225 e. The molecule has 4 aromatic rings. The van der Waals surface area contributed by atoms with Gasteiger partial charge in [-0.25, -0.2) is 15.0 Å². The molecule has 1 aromatic carbocycles. The highest BCUT2D eigenvalue weighted by Crippen LogP contribution is 2.34. The van der Waals surface area contributed by atoms with E-state index in [9.17, 15) is 4.79 Å². The second-order valence-corrected chi connectivity index (χ2v) is 10.5. The van der Waals surface area contributed by atoms with E-state index in [0.717, 1.165) is 86.5 Å². The van der Waals surface area contributed by atoms with Gasteiger partial charge < -0.3 is 15.2 Å². The number of carbonyl (C=O) groups excluding carboxylic acids is 1. The molecular formula is C29H34N8O. The van der Waals surface area contributed by atoms with Gasteiger partial charge in [0.15, 0.2) is 5.82 Å². The van der Waals surface area contributed by atoms with Gasteiger partial charge in [0.1, 0.15) is 5.69 Å². The van der Waals surface area contributed by atoms with Crippen LogP contribution in [0, 0.1) is 12.8 Å². The van der Waals surface area contributed by atoms with Crippen molar-refractivity contribution >= 4 is 22.9 Å². The first-order valence-corrected chi connectivity index (χ1v) is 13.5. The molecule has 5 heterocycles. The van der Waals surface area contributed by atoms with Crippen LogP contribution in [0.1, 0.15) is 42.9 Å². The van der Waals surface area contributed by atoms with Crippen molar-refractivity contribution in [3.05, 3.63) is 66.1 Å². The van der Waals surface area contributed by atoms with Gasteiger partial charge in [0.25, 0.3) is 0 Å². The first-order valence-electron chi connectivity index (χ1n) is 13.5. The highest BCUT2D eigenvalue weighted by atomic mass is 16.2. The van der Waals surface area contributed by atoms with E-state index in [1.54, 1.807) is 12.4 Å². The van der Waals surface area contributed by atoms with E-state index in [4.69, 9.17) is 10.7 Å². The van der Waals surface area contributed by atoms with Gasteiger partial charge in [-0.3, -0.25) is 14.7 Å². The zero-order valence-corrected chi connectivity index (χ0v) is 21.8. The number of aromatic nitrogens is 5. The minimum atomic E-state index is 0.103. The largest absolute Gasteiger partial charge is 0.368 e. The predicted molar refractivity (Wildman–Crippen MR) is 147 cm³/mol. The second kappa shape index (κ2) is 10.5. The molecule has 0 unspecified atom stereocenters. The Kier molecular flexibility index (Phi) is 6.76. The maximum absolute atomic E-state index is 13.4. The van der Waals surface area contributed by atoms with Crippen molar-refractivity contribution in [3.8, 4) is 11.5 Å². The van der Waals surface area contributed by atoms with Crippen LogP contribution in [0.5, 0.6) is 0 Å². The van der Waals surface area contributed by atoms with Gasteiger partial charge in [0.2, 0.25) is 11.9 Å². The van der Waals surface area contributed by atoms with Crippen LogP contribution < -0.4 is 5.73 Å². The van der Waals surface area contributed by atoms with Crippen molar-refractivity contribution in [2.45, 2.75) is 45.2 Å². The normalized spacial score (nSPS) is 17.8. The van der Waals surface area contributed by atoms with Crippen molar-refractivity contribution in [1.82, 2.24) is 34.3 Å². The highest BCUT2D eigenvalue weighted by molar-refractivity contribution is 5.83. The van der Waals surface area contributed by atoms with E-state index in [-0.39, 0.29) is 12.0 Å². The third-order valence-corrected chi connectivity index (χ3v) is 8.03. The Bertz CT molecular complexity index is 1400. The number of nitrogen functional groups attached to an aromatic ring is 1. The van der Waals surface area contributed by atoms with Crippen LogP contribution in [0.3, 0.4) is 0 Å². The quantitative estimate of drug-likeness (QED) is 0.435. The van der Waals surface area contributed by atoms with Crippen LogP contribution in [0.25, 0.3) is 22.6 Å². The lowest BCUT2D eigenvalue weighted by atomic mass is 9.93. The monoisotopic (exact) mass is 510 g/mol. The molecule has 9 heteroatoms. The average molecular weight is 511 g/mol. The molecule has 0 spiro atoms. The molecule has 2 N–H and O–H groups in total. The number of piperidine rings is 2. The third-order valence-electron chi connectivity index (χ3n) is 8.03. The van der Waals surface area contributed by atoms with E-state index < -0.39 is 0 Å². The number of hydrogen-bond donors (Lipinski definition) is 1. The molecule has 2 aliphatic rings. The zero-order valence-electron chi connectivity index (χ0n) is 21.8. The molecule has 38 heavy (non-hydrogen) atoms. The van der Waals surface area contributed by atoms with Crippen LogP contribution in [-0.4, -0.2) is 66.4 Å². The van der Waals surface area contributed by atoms with Crippen molar-refractivity contribution < 1.29 is 4.79 Å². The van der Waals surface area contributed by atoms with Gasteiger partial charge in [0.05, 0.1) is 11.0 Å². The Hall–Kier alpha value is -3.85. The molecule has 0 aliphatic carbocycles. The lowest BCUT2D eigenvalue weighted by molar-refractivity contribution is -0.138. The summed E-state index contributed by atoms with van der Waals surface area (Å²) in [5, 5.41) is 0. The molecule has 3 aromatic heterocycles. The fourth-order valence-corrected chi connectivity index (χ4v) is 5.95. The third kappa shape index (κ3) is 4.86. The Morgan fingerprint density at radius 3 is 2.42 bits per heavy atom. The number of likely N-dealkylation sites (tertiary alicyclic amines) is 2. The topological polar surface area (TPSA) is 106 Å². The van der Waals surface area contributed by atoms with Crippen molar-refractivity contribution in [2.75, 3.05) is 31.9 Å². The van der Waals surface area contributed by atoms with Crippen LogP contribution in [0.2, 0.25) is 0 Å². The number of imidazole rings is 1. The summed E-state index contributed by atoms with van der Waals surface area (Å²) in [5.41, 5.74) is 10.9. The molecule has 1 amide bonds. The van der Waals surface area contributed by atoms with Crippen molar-refractivity contribution in [3.63, 3.8) is 0 Å². The van der Waals surface area contributed by atoms with E-state index >= 15 is 0 Å². The number of para-hydroxylation sites is 1. The van der Waals surface area contributed by atoms with E-state index in [1.807, 2.05) is 24.4 Å².